The summed E-state index contributed by atoms with van der Waals surface area (Å²) in [5.74, 6) is 0. The zero-order valence-electron chi connectivity index (χ0n) is 7.90. The van der Waals surface area contributed by atoms with Crippen molar-refractivity contribution >= 4 is 21.7 Å². The van der Waals surface area contributed by atoms with Crippen LogP contribution >= 0.6 is 11.5 Å². The summed E-state index contributed by atoms with van der Waals surface area (Å²) in [6.07, 6.45) is 1.79. The zero-order chi connectivity index (χ0) is 9.47. The van der Waals surface area contributed by atoms with E-state index < -0.39 is 0 Å². The quantitative estimate of drug-likeness (QED) is 0.644. The van der Waals surface area contributed by atoms with E-state index >= 15 is 0 Å². The lowest BCUT2D eigenvalue weighted by atomic mass is 9.92. The van der Waals surface area contributed by atoms with E-state index in [0.29, 0.717) is 0 Å². The van der Waals surface area contributed by atoms with Crippen molar-refractivity contribution in [2.45, 2.75) is 26.2 Å². The number of aromatic nitrogens is 3. The van der Waals surface area contributed by atoms with Crippen molar-refractivity contribution in [3.63, 3.8) is 0 Å². The first kappa shape index (κ1) is 8.56. The maximum atomic E-state index is 4.35. The van der Waals surface area contributed by atoms with Crippen molar-refractivity contribution in [3.05, 3.63) is 18.0 Å². The molecule has 0 fully saturated rings. The maximum absolute atomic E-state index is 4.35. The van der Waals surface area contributed by atoms with E-state index in [1.165, 1.54) is 11.5 Å². The minimum absolute atomic E-state index is 0.0954. The Hall–Kier alpha value is -1.03. The molecule has 0 N–H and O–H groups in total. The SMILES string of the molecule is CC(C)(C)c1cc2snnc2cn1. The van der Waals surface area contributed by atoms with Gasteiger partial charge in [0.15, 0.2) is 0 Å². The van der Waals surface area contributed by atoms with Crippen molar-refractivity contribution in [1.29, 1.82) is 0 Å². The molecule has 0 amide bonds. The molecule has 13 heavy (non-hydrogen) atoms. The molecule has 0 atom stereocenters. The number of hydrogen-bond donors (Lipinski definition) is 0. The van der Waals surface area contributed by atoms with E-state index in [9.17, 15) is 0 Å². The highest BCUT2D eigenvalue weighted by molar-refractivity contribution is 7.12. The Morgan fingerprint density at radius 1 is 1.31 bits per heavy atom. The van der Waals surface area contributed by atoms with Crippen LogP contribution in [0.5, 0.6) is 0 Å². The minimum Gasteiger partial charge on any atom is -0.258 e. The van der Waals surface area contributed by atoms with E-state index in [0.717, 1.165) is 15.9 Å². The molecule has 2 rings (SSSR count). The van der Waals surface area contributed by atoms with Gasteiger partial charge in [-0.1, -0.05) is 25.3 Å². The lowest BCUT2D eigenvalue weighted by molar-refractivity contribution is 0.570. The summed E-state index contributed by atoms with van der Waals surface area (Å²) in [5.41, 5.74) is 2.07. The number of nitrogens with zero attached hydrogens (tertiary/aromatic N) is 3. The highest BCUT2D eigenvalue weighted by Crippen LogP contribution is 2.24. The van der Waals surface area contributed by atoms with Crippen LogP contribution in [0, 0.1) is 0 Å². The van der Waals surface area contributed by atoms with E-state index in [2.05, 4.69) is 41.4 Å². The number of fused-ring (bicyclic) bond motifs is 1. The fraction of sp³-hybridized carbons (Fsp3) is 0.444. The summed E-state index contributed by atoms with van der Waals surface area (Å²) in [6.45, 7) is 6.45. The van der Waals surface area contributed by atoms with Gasteiger partial charge in [0.25, 0.3) is 0 Å². The number of pyridine rings is 1. The fourth-order valence-corrected chi connectivity index (χ4v) is 1.66. The van der Waals surface area contributed by atoms with Gasteiger partial charge in [0.05, 0.1) is 10.9 Å². The van der Waals surface area contributed by atoms with Gasteiger partial charge in [-0.3, -0.25) is 4.98 Å². The molecular weight excluding hydrogens is 182 g/mol. The molecule has 2 aromatic heterocycles. The second-order valence-corrected chi connectivity index (χ2v) is 4.85. The average Bonchev–Trinajstić information content (AvgIpc) is 2.47. The molecule has 0 bridgehead atoms. The molecule has 0 radical (unpaired) electrons. The van der Waals surface area contributed by atoms with Crippen LogP contribution in [-0.4, -0.2) is 14.6 Å². The monoisotopic (exact) mass is 193 g/mol. The van der Waals surface area contributed by atoms with Crippen LogP contribution in [0.3, 0.4) is 0 Å². The second-order valence-electron chi connectivity index (χ2n) is 4.06. The van der Waals surface area contributed by atoms with Gasteiger partial charge in [-0.2, -0.15) is 0 Å². The zero-order valence-corrected chi connectivity index (χ0v) is 8.72. The highest BCUT2D eigenvalue weighted by Gasteiger charge is 2.16. The van der Waals surface area contributed by atoms with Crippen LogP contribution < -0.4 is 0 Å². The summed E-state index contributed by atoms with van der Waals surface area (Å²) >= 11 is 1.42. The topological polar surface area (TPSA) is 38.7 Å². The lowest BCUT2D eigenvalue weighted by Crippen LogP contribution is -2.12. The third-order valence-electron chi connectivity index (χ3n) is 1.90. The fourth-order valence-electron chi connectivity index (χ4n) is 1.10. The molecule has 0 aliphatic rings. The summed E-state index contributed by atoms with van der Waals surface area (Å²) in [4.78, 5) is 4.35. The summed E-state index contributed by atoms with van der Waals surface area (Å²) < 4.78 is 4.99. The van der Waals surface area contributed by atoms with Crippen LogP contribution in [0.1, 0.15) is 26.5 Å². The molecule has 0 spiro atoms. The first-order valence-electron chi connectivity index (χ1n) is 4.16. The standard InChI is InChI=1S/C9H11N3S/c1-9(2,3)8-4-7-6(5-10-8)11-12-13-7/h4-5H,1-3H3. The normalized spacial score (nSPS) is 12.2. The van der Waals surface area contributed by atoms with Crippen LogP contribution in [0.15, 0.2) is 12.3 Å². The smallest absolute Gasteiger partial charge is 0.124 e. The van der Waals surface area contributed by atoms with E-state index in [4.69, 9.17) is 0 Å². The summed E-state index contributed by atoms with van der Waals surface area (Å²) in [5, 5.41) is 3.95. The molecule has 0 saturated heterocycles. The van der Waals surface area contributed by atoms with Gasteiger partial charge in [-0.05, 0) is 17.6 Å². The first-order chi connectivity index (χ1) is 6.07. The van der Waals surface area contributed by atoms with Crippen molar-refractivity contribution < 1.29 is 0 Å². The van der Waals surface area contributed by atoms with E-state index in [-0.39, 0.29) is 5.41 Å². The Kier molecular flexibility index (Phi) is 1.80. The van der Waals surface area contributed by atoms with Crippen LogP contribution in [0.2, 0.25) is 0 Å². The highest BCUT2D eigenvalue weighted by atomic mass is 32.1. The van der Waals surface area contributed by atoms with Gasteiger partial charge in [0.2, 0.25) is 0 Å². The molecule has 68 valence electrons. The number of rotatable bonds is 0. The van der Waals surface area contributed by atoms with Gasteiger partial charge in [0, 0.05) is 11.1 Å². The van der Waals surface area contributed by atoms with Crippen LogP contribution in [0.25, 0.3) is 10.2 Å². The molecule has 2 heterocycles. The third-order valence-corrected chi connectivity index (χ3v) is 2.59. The molecule has 0 aromatic carbocycles. The van der Waals surface area contributed by atoms with Gasteiger partial charge in [-0.15, -0.1) is 5.10 Å². The predicted molar refractivity (Wildman–Crippen MR) is 53.9 cm³/mol. The van der Waals surface area contributed by atoms with Gasteiger partial charge in [0.1, 0.15) is 5.52 Å². The molecule has 2 aromatic rings. The molecular formula is C9H11N3S. The van der Waals surface area contributed by atoms with E-state index in [1.54, 1.807) is 6.20 Å². The minimum atomic E-state index is 0.0954. The van der Waals surface area contributed by atoms with Crippen molar-refractivity contribution in [2.24, 2.45) is 0 Å². The summed E-state index contributed by atoms with van der Waals surface area (Å²) in [7, 11) is 0. The van der Waals surface area contributed by atoms with Crippen molar-refractivity contribution in [2.75, 3.05) is 0 Å². The van der Waals surface area contributed by atoms with Gasteiger partial charge in [-0.25, -0.2) is 0 Å². The largest absolute Gasteiger partial charge is 0.258 e. The molecule has 4 heteroatoms. The summed E-state index contributed by atoms with van der Waals surface area (Å²) in [6, 6.07) is 2.07. The van der Waals surface area contributed by atoms with Gasteiger partial charge < -0.3 is 0 Å². The third kappa shape index (κ3) is 1.54. The van der Waals surface area contributed by atoms with Crippen LogP contribution in [0.4, 0.5) is 0 Å². The maximum Gasteiger partial charge on any atom is 0.124 e. The van der Waals surface area contributed by atoms with E-state index in [1.807, 2.05) is 0 Å². The Balaban J connectivity index is 2.61. The van der Waals surface area contributed by atoms with Crippen molar-refractivity contribution in [1.82, 2.24) is 14.6 Å². The Morgan fingerprint density at radius 2 is 2.08 bits per heavy atom. The molecule has 0 aliphatic carbocycles. The second kappa shape index (κ2) is 2.73. The first-order valence-corrected chi connectivity index (χ1v) is 4.93. The molecule has 3 nitrogen and oxygen atoms in total. The van der Waals surface area contributed by atoms with Gasteiger partial charge >= 0.3 is 0 Å². The lowest BCUT2D eigenvalue weighted by Gasteiger charge is -2.16. The Bertz CT molecular complexity index is 428. The predicted octanol–water partition coefficient (Wildman–Crippen LogP) is 2.38. The average molecular weight is 193 g/mol. The van der Waals surface area contributed by atoms with Crippen LogP contribution in [-0.2, 0) is 5.41 Å². The molecule has 0 aliphatic heterocycles. The molecule has 0 unspecified atom stereocenters. The van der Waals surface area contributed by atoms with Crippen molar-refractivity contribution in [3.8, 4) is 0 Å². The molecule has 0 saturated carbocycles. The Labute approximate surface area is 81.0 Å². The Morgan fingerprint density at radius 3 is 2.77 bits per heavy atom. The number of hydrogen-bond acceptors (Lipinski definition) is 4.